The van der Waals surface area contributed by atoms with Crippen LogP contribution in [0.3, 0.4) is 0 Å². The maximum atomic E-state index is 12.5. The highest BCUT2D eigenvalue weighted by Crippen LogP contribution is 2.21. The molecule has 1 heterocycles. The van der Waals surface area contributed by atoms with Gasteiger partial charge >= 0.3 is 0 Å². The molecule has 1 aromatic heterocycles. The zero-order valence-electron chi connectivity index (χ0n) is 12.9. The molecule has 0 fully saturated rings. The number of amides is 2. The summed E-state index contributed by atoms with van der Waals surface area (Å²) in [6.07, 6.45) is 1.36. The summed E-state index contributed by atoms with van der Waals surface area (Å²) in [5.41, 5.74) is -0.704. The van der Waals surface area contributed by atoms with E-state index in [1.54, 1.807) is 13.8 Å². The second-order valence-corrected chi connectivity index (χ2v) is 6.30. The Balaban J connectivity index is 2.73. The quantitative estimate of drug-likeness (QED) is 0.784. The molecule has 0 aliphatic rings. The number of hydrogen-bond donors (Lipinski definition) is 1. The minimum absolute atomic E-state index is 0.0375. The zero-order chi connectivity index (χ0) is 16.0. The lowest BCUT2D eigenvalue weighted by Gasteiger charge is -2.31. The lowest BCUT2D eigenvalue weighted by Crippen LogP contribution is -2.47. The number of carbonyl (C=O) groups is 2. The molecule has 1 N–H and O–H groups in total. The molecule has 0 aliphatic carbocycles. The fourth-order valence-corrected chi connectivity index (χ4v) is 1.89. The van der Waals surface area contributed by atoms with Gasteiger partial charge in [0.1, 0.15) is 6.26 Å². The van der Waals surface area contributed by atoms with Crippen LogP contribution in [0.15, 0.2) is 16.9 Å². The molecule has 118 valence electrons. The van der Waals surface area contributed by atoms with Crippen LogP contribution in [0.2, 0.25) is 0 Å². The maximum Gasteiger partial charge on any atom is 0.245 e. The number of hydrogen-bond acceptors (Lipinski definition) is 4. The third-order valence-corrected chi connectivity index (χ3v) is 3.49. The van der Waals surface area contributed by atoms with Gasteiger partial charge in [0.25, 0.3) is 0 Å². The van der Waals surface area contributed by atoms with Gasteiger partial charge in [-0.2, -0.15) is 0 Å². The number of anilines is 1. The van der Waals surface area contributed by atoms with Gasteiger partial charge in [-0.15, -0.1) is 11.6 Å². The van der Waals surface area contributed by atoms with Crippen molar-refractivity contribution >= 4 is 29.2 Å². The van der Waals surface area contributed by atoms with E-state index in [1.807, 2.05) is 13.8 Å². The number of rotatable bonds is 7. The Kier molecular flexibility index (Phi) is 6.20. The fraction of sp³-hybridized carbons (Fsp3) is 0.643. The van der Waals surface area contributed by atoms with E-state index in [-0.39, 0.29) is 30.2 Å². The van der Waals surface area contributed by atoms with E-state index in [2.05, 4.69) is 15.0 Å². The Bertz CT molecular complexity index is 472. The molecular formula is C14H22ClN3O3. The summed E-state index contributed by atoms with van der Waals surface area (Å²) in [7, 11) is 0. The van der Waals surface area contributed by atoms with Gasteiger partial charge in [-0.05, 0) is 19.8 Å². The SMILES string of the molecule is CC(C)CN(CC(=O)Nc1ccon1)C(=O)C(C)(C)CCl. The van der Waals surface area contributed by atoms with Crippen LogP contribution in [0.1, 0.15) is 27.7 Å². The molecular weight excluding hydrogens is 294 g/mol. The topological polar surface area (TPSA) is 75.4 Å². The molecule has 0 saturated heterocycles. The fourth-order valence-electron chi connectivity index (χ4n) is 1.78. The van der Waals surface area contributed by atoms with Crippen molar-refractivity contribution in [1.29, 1.82) is 0 Å². The van der Waals surface area contributed by atoms with Crippen LogP contribution in [-0.2, 0) is 9.59 Å². The summed E-state index contributed by atoms with van der Waals surface area (Å²) < 4.78 is 4.64. The third-order valence-electron chi connectivity index (χ3n) is 2.83. The Hall–Kier alpha value is -1.56. The average Bonchev–Trinajstić information content (AvgIpc) is 2.89. The molecule has 6 nitrogen and oxygen atoms in total. The number of nitrogens with zero attached hydrogens (tertiary/aromatic N) is 2. The summed E-state index contributed by atoms with van der Waals surface area (Å²) in [4.78, 5) is 26.0. The van der Waals surface area contributed by atoms with Crippen LogP contribution in [0.4, 0.5) is 5.82 Å². The van der Waals surface area contributed by atoms with Crippen molar-refractivity contribution in [3.05, 3.63) is 12.3 Å². The normalized spacial score (nSPS) is 11.5. The van der Waals surface area contributed by atoms with E-state index < -0.39 is 5.41 Å². The molecule has 7 heteroatoms. The van der Waals surface area contributed by atoms with Crippen molar-refractivity contribution < 1.29 is 14.1 Å². The number of halogens is 1. The van der Waals surface area contributed by atoms with Crippen molar-refractivity contribution in [3.63, 3.8) is 0 Å². The first-order valence-electron chi connectivity index (χ1n) is 6.82. The Morgan fingerprint density at radius 3 is 2.62 bits per heavy atom. The Morgan fingerprint density at radius 1 is 1.48 bits per heavy atom. The van der Waals surface area contributed by atoms with Crippen LogP contribution in [0.25, 0.3) is 0 Å². The van der Waals surface area contributed by atoms with Crippen LogP contribution in [0.5, 0.6) is 0 Å². The monoisotopic (exact) mass is 315 g/mol. The van der Waals surface area contributed by atoms with Crippen molar-refractivity contribution in [2.24, 2.45) is 11.3 Å². The van der Waals surface area contributed by atoms with Crippen LogP contribution in [0, 0.1) is 11.3 Å². The minimum atomic E-state index is -0.704. The molecule has 1 rings (SSSR count). The first-order valence-corrected chi connectivity index (χ1v) is 7.35. The van der Waals surface area contributed by atoms with Crippen LogP contribution >= 0.6 is 11.6 Å². The third kappa shape index (κ3) is 5.38. The second kappa shape index (κ2) is 7.45. The molecule has 0 bridgehead atoms. The van der Waals surface area contributed by atoms with Gasteiger partial charge in [0.15, 0.2) is 5.82 Å². The predicted octanol–water partition coefficient (Wildman–Crippen LogP) is 2.36. The Labute approximate surface area is 129 Å². The van der Waals surface area contributed by atoms with E-state index >= 15 is 0 Å². The summed E-state index contributed by atoms with van der Waals surface area (Å²) in [6, 6.07) is 1.54. The first kappa shape index (κ1) is 17.5. The van der Waals surface area contributed by atoms with Gasteiger partial charge in [0.2, 0.25) is 11.8 Å². The van der Waals surface area contributed by atoms with Crippen molar-refractivity contribution in [3.8, 4) is 0 Å². The molecule has 21 heavy (non-hydrogen) atoms. The molecule has 2 amide bonds. The molecule has 0 saturated carbocycles. The molecule has 0 radical (unpaired) electrons. The molecule has 0 atom stereocenters. The van der Waals surface area contributed by atoms with Gasteiger partial charge in [-0.3, -0.25) is 9.59 Å². The standard InChI is InChI=1S/C14H22ClN3O3/c1-10(2)7-18(13(20)14(3,4)9-15)8-12(19)16-11-5-6-21-17-11/h5-6,10H,7-9H2,1-4H3,(H,16,17,19). The van der Waals surface area contributed by atoms with Gasteiger partial charge in [-0.25, -0.2) is 0 Å². The molecule has 0 aliphatic heterocycles. The zero-order valence-corrected chi connectivity index (χ0v) is 13.6. The van der Waals surface area contributed by atoms with Crippen molar-refractivity contribution in [1.82, 2.24) is 10.1 Å². The smallest absolute Gasteiger partial charge is 0.245 e. The van der Waals surface area contributed by atoms with E-state index in [0.717, 1.165) is 0 Å². The lowest BCUT2D eigenvalue weighted by atomic mass is 9.94. The van der Waals surface area contributed by atoms with Gasteiger partial charge < -0.3 is 14.7 Å². The second-order valence-electron chi connectivity index (χ2n) is 6.03. The number of nitrogens with one attached hydrogen (secondary N) is 1. The number of alkyl halides is 1. The van der Waals surface area contributed by atoms with Gasteiger partial charge in [0.05, 0.1) is 12.0 Å². The van der Waals surface area contributed by atoms with E-state index in [0.29, 0.717) is 12.4 Å². The van der Waals surface area contributed by atoms with Gasteiger partial charge in [0, 0.05) is 18.5 Å². The molecule has 0 unspecified atom stereocenters. The molecule has 0 aromatic carbocycles. The highest BCUT2D eigenvalue weighted by Gasteiger charge is 2.32. The highest BCUT2D eigenvalue weighted by atomic mass is 35.5. The number of aromatic nitrogens is 1. The molecule has 0 spiro atoms. The van der Waals surface area contributed by atoms with Gasteiger partial charge in [-0.1, -0.05) is 19.0 Å². The maximum absolute atomic E-state index is 12.5. The highest BCUT2D eigenvalue weighted by molar-refractivity contribution is 6.19. The average molecular weight is 316 g/mol. The number of carbonyl (C=O) groups excluding carboxylic acids is 2. The van der Waals surface area contributed by atoms with Crippen LogP contribution in [-0.4, -0.2) is 40.8 Å². The van der Waals surface area contributed by atoms with Crippen molar-refractivity contribution in [2.45, 2.75) is 27.7 Å². The molecule has 1 aromatic rings. The summed E-state index contributed by atoms with van der Waals surface area (Å²) in [5, 5.41) is 6.18. The summed E-state index contributed by atoms with van der Waals surface area (Å²) >= 11 is 5.85. The largest absolute Gasteiger partial charge is 0.363 e. The lowest BCUT2D eigenvalue weighted by molar-refractivity contribution is -0.142. The van der Waals surface area contributed by atoms with Crippen LogP contribution < -0.4 is 5.32 Å². The first-order chi connectivity index (χ1) is 9.76. The summed E-state index contributed by atoms with van der Waals surface area (Å²) in [6.45, 7) is 7.97. The van der Waals surface area contributed by atoms with E-state index in [1.165, 1.54) is 17.2 Å². The summed E-state index contributed by atoms with van der Waals surface area (Å²) in [5.74, 6) is 0.323. The van der Waals surface area contributed by atoms with E-state index in [4.69, 9.17) is 11.6 Å². The van der Waals surface area contributed by atoms with E-state index in [9.17, 15) is 9.59 Å². The van der Waals surface area contributed by atoms with Crippen molar-refractivity contribution in [2.75, 3.05) is 24.3 Å². The minimum Gasteiger partial charge on any atom is -0.363 e. The predicted molar refractivity (Wildman–Crippen MR) is 81.1 cm³/mol. The Morgan fingerprint density at radius 2 is 2.14 bits per heavy atom.